The van der Waals surface area contributed by atoms with E-state index in [9.17, 15) is 8.42 Å². The predicted molar refractivity (Wildman–Crippen MR) is 92.1 cm³/mol. The molecule has 0 spiro atoms. The standard InChI is InChI=1S/C17H22N4O3S/c1-25(22,23)15-6-4-14(5-7-15)24-10-16-19-20-17(11-8-12(18)9-11)21(16)13-2-3-13/h4-7,11-13H,2-3,8-10,18H2,1H3. The summed E-state index contributed by atoms with van der Waals surface area (Å²) in [6.45, 7) is 0.320. The van der Waals surface area contributed by atoms with Crippen LogP contribution in [0.15, 0.2) is 29.2 Å². The summed E-state index contributed by atoms with van der Waals surface area (Å²) in [7, 11) is -3.20. The number of ether oxygens (including phenoxy) is 1. The lowest BCUT2D eigenvalue weighted by atomic mass is 9.80. The maximum absolute atomic E-state index is 11.5. The van der Waals surface area contributed by atoms with E-state index in [4.69, 9.17) is 10.5 Å². The lowest BCUT2D eigenvalue weighted by Gasteiger charge is -2.31. The number of hydrogen-bond acceptors (Lipinski definition) is 6. The highest BCUT2D eigenvalue weighted by atomic mass is 32.2. The Labute approximate surface area is 147 Å². The summed E-state index contributed by atoms with van der Waals surface area (Å²) in [4.78, 5) is 0.282. The minimum atomic E-state index is -3.20. The van der Waals surface area contributed by atoms with E-state index >= 15 is 0 Å². The molecule has 0 saturated heterocycles. The highest BCUT2D eigenvalue weighted by Gasteiger charge is 2.36. The Morgan fingerprint density at radius 3 is 2.44 bits per heavy atom. The first kappa shape index (κ1) is 16.5. The molecular formula is C17H22N4O3S. The van der Waals surface area contributed by atoms with Gasteiger partial charge in [-0.25, -0.2) is 8.42 Å². The minimum Gasteiger partial charge on any atom is -0.486 e. The second-order valence-corrected chi connectivity index (χ2v) is 9.05. The fourth-order valence-corrected chi connectivity index (χ4v) is 3.88. The third-order valence-electron chi connectivity index (χ3n) is 4.86. The Balaban J connectivity index is 1.48. The first-order chi connectivity index (χ1) is 11.9. The van der Waals surface area contributed by atoms with Gasteiger partial charge in [0.15, 0.2) is 15.7 Å². The molecule has 8 heteroatoms. The van der Waals surface area contributed by atoms with Crippen LogP contribution in [0.25, 0.3) is 0 Å². The Hall–Kier alpha value is -1.93. The maximum atomic E-state index is 11.5. The molecule has 0 amide bonds. The van der Waals surface area contributed by atoms with E-state index in [0.717, 1.165) is 37.3 Å². The zero-order valence-electron chi connectivity index (χ0n) is 14.1. The first-order valence-electron chi connectivity index (χ1n) is 8.54. The molecular weight excluding hydrogens is 340 g/mol. The van der Waals surface area contributed by atoms with Crippen molar-refractivity contribution in [3.63, 3.8) is 0 Å². The van der Waals surface area contributed by atoms with Crippen molar-refractivity contribution in [2.75, 3.05) is 6.26 Å². The minimum absolute atomic E-state index is 0.280. The lowest BCUT2D eigenvalue weighted by molar-refractivity contribution is 0.284. The van der Waals surface area contributed by atoms with Gasteiger partial charge in [-0.3, -0.25) is 0 Å². The molecule has 2 fully saturated rings. The van der Waals surface area contributed by atoms with Crippen LogP contribution in [0.4, 0.5) is 0 Å². The van der Waals surface area contributed by atoms with Crippen LogP contribution < -0.4 is 10.5 Å². The lowest BCUT2D eigenvalue weighted by Crippen LogP contribution is -2.36. The monoisotopic (exact) mass is 362 g/mol. The van der Waals surface area contributed by atoms with Crippen LogP contribution in [0.1, 0.15) is 49.3 Å². The Morgan fingerprint density at radius 2 is 1.88 bits per heavy atom. The highest BCUT2D eigenvalue weighted by Crippen LogP contribution is 2.42. The van der Waals surface area contributed by atoms with Gasteiger partial charge in [-0.1, -0.05) is 0 Å². The molecule has 2 saturated carbocycles. The first-order valence-corrected chi connectivity index (χ1v) is 10.4. The number of nitrogens with zero attached hydrogens (tertiary/aromatic N) is 3. The van der Waals surface area contributed by atoms with Crippen molar-refractivity contribution in [1.29, 1.82) is 0 Å². The molecule has 2 aliphatic rings. The van der Waals surface area contributed by atoms with Gasteiger partial charge in [-0.15, -0.1) is 10.2 Å². The Bertz CT molecular complexity index is 866. The molecule has 2 N–H and O–H groups in total. The number of nitrogens with two attached hydrogens (primary N) is 1. The quantitative estimate of drug-likeness (QED) is 0.841. The van der Waals surface area contributed by atoms with Gasteiger partial charge in [-0.2, -0.15) is 0 Å². The van der Waals surface area contributed by atoms with Crippen molar-refractivity contribution in [3.05, 3.63) is 35.9 Å². The second-order valence-electron chi connectivity index (χ2n) is 7.04. The molecule has 0 radical (unpaired) electrons. The van der Waals surface area contributed by atoms with E-state index in [1.54, 1.807) is 24.3 Å². The number of aromatic nitrogens is 3. The second kappa shape index (κ2) is 6.10. The van der Waals surface area contributed by atoms with Crippen molar-refractivity contribution in [2.24, 2.45) is 5.73 Å². The Morgan fingerprint density at radius 1 is 1.20 bits per heavy atom. The van der Waals surface area contributed by atoms with Crippen LogP contribution in [0.3, 0.4) is 0 Å². The van der Waals surface area contributed by atoms with Gasteiger partial charge in [0.05, 0.1) is 4.90 Å². The molecule has 0 aliphatic heterocycles. The Kier molecular flexibility index (Phi) is 4.04. The predicted octanol–water partition coefficient (Wildman–Crippen LogP) is 1.80. The number of hydrogen-bond donors (Lipinski definition) is 1. The zero-order valence-corrected chi connectivity index (χ0v) is 14.9. The highest BCUT2D eigenvalue weighted by molar-refractivity contribution is 7.90. The average molecular weight is 362 g/mol. The van der Waals surface area contributed by atoms with Crippen LogP contribution in [0, 0.1) is 0 Å². The van der Waals surface area contributed by atoms with Gasteiger partial charge in [0.1, 0.15) is 18.2 Å². The van der Waals surface area contributed by atoms with Crippen molar-refractivity contribution in [2.45, 2.75) is 55.2 Å². The maximum Gasteiger partial charge on any atom is 0.175 e. The molecule has 1 heterocycles. The van der Waals surface area contributed by atoms with Crippen molar-refractivity contribution < 1.29 is 13.2 Å². The van der Waals surface area contributed by atoms with Crippen molar-refractivity contribution in [3.8, 4) is 5.75 Å². The molecule has 0 bridgehead atoms. The van der Waals surface area contributed by atoms with Crippen LogP contribution in [-0.4, -0.2) is 35.5 Å². The summed E-state index contributed by atoms with van der Waals surface area (Å²) in [6, 6.07) is 7.20. The summed E-state index contributed by atoms with van der Waals surface area (Å²) in [5.41, 5.74) is 5.91. The van der Waals surface area contributed by atoms with Gasteiger partial charge >= 0.3 is 0 Å². The van der Waals surface area contributed by atoms with E-state index in [-0.39, 0.29) is 10.9 Å². The van der Waals surface area contributed by atoms with E-state index in [2.05, 4.69) is 14.8 Å². The molecule has 25 heavy (non-hydrogen) atoms. The van der Waals surface area contributed by atoms with Crippen molar-refractivity contribution >= 4 is 9.84 Å². The summed E-state index contributed by atoms with van der Waals surface area (Å²) in [5.74, 6) is 2.89. The fourth-order valence-electron chi connectivity index (χ4n) is 3.25. The van der Waals surface area contributed by atoms with E-state index in [1.165, 1.54) is 6.26 Å². The third-order valence-corrected chi connectivity index (χ3v) is 5.99. The topological polar surface area (TPSA) is 100 Å². The molecule has 2 aliphatic carbocycles. The van der Waals surface area contributed by atoms with Gasteiger partial charge in [-0.05, 0) is 49.9 Å². The summed E-state index contributed by atoms with van der Waals surface area (Å²) in [6.07, 6.45) is 5.44. The van der Waals surface area contributed by atoms with Gasteiger partial charge < -0.3 is 15.0 Å². The fraction of sp³-hybridized carbons (Fsp3) is 0.529. The van der Waals surface area contributed by atoms with Crippen LogP contribution in [-0.2, 0) is 16.4 Å². The number of sulfone groups is 1. The average Bonchev–Trinajstić information content (AvgIpc) is 3.29. The summed E-state index contributed by atoms with van der Waals surface area (Å²) >= 11 is 0. The van der Waals surface area contributed by atoms with Gasteiger partial charge in [0.2, 0.25) is 0 Å². The van der Waals surface area contributed by atoms with Crippen molar-refractivity contribution in [1.82, 2.24) is 14.8 Å². The normalized spacial score (nSPS) is 23.3. The molecule has 1 aromatic carbocycles. The van der Waals surface area contributed by atoms with E-state index in [0.29, 0.717) is 24.3 Å². The van der Waals surface area contributed by atoms with Gasteiger partial charge in [0.25, 0.3) is 0 Å². The van der Waals surface area contributed by atoms with Crippen LogP contribution >= 0.6 is 0 Å². The van der Waals surface area contributed by atoms with Gasteiger partial charge in [0, 0.05) is 24.3 Å². The third kappa shape index (κ3) is 3.41. The molecule has 2 aromatic rings. The molecule has 134 valence electrons. The molecule has 0 atom stereocenters. The summed E-state index contributed by atoms with van der Waals surface area (Å²) in [5, 5.41) is 8.72. The zero-order chi connectivity index (χ0) is 17.6. The molecule has 7 nitrogen and oxygen atoms in total. The van der Waals surface area contributed by atoms with Crippen LogP contribution in [0.2, 0.25) is 0 Å². The largest absolute Gasteiger partial charge is 0.486 e. The smallest absolute Gasteiger partial charge is 0.175 e. The molecule has 0 unspecified atom stereocenters. The molecule has 4 rings (SSSR count). The molecule has 1 aromatic heterocycles. The summed E-state index contributed by atoms with van der Waals surface area (Å²) < 4.78 is 31.0. The SMILES string of the molecule is CS(=O)(=O)c1ccc(OCc2nnc(C3CC(N)C3)n2C2CC2)cc1. The van der Waals surface area contributed by atoms with Crippen LogP contribution in [0.5, 0.6) is 5.75 Å². The van der Waals surface area contributed by atoms with E-state index in [1.807, 2.05) is 0 Å². The number of benzene rings is 1. The number of rotatable bonds is 6. The van der Waals surface area contributed by atoms with E-state index < -0.39 is 9.84 Å².